The molecule has 0 spiro atoms. The average Bonchev–Trinajstić information content (AvgIpc) is 3.00. The van der Waals surface area contributed by atoms with Crippen molar-refractivity contribution in [3.05, 3.63) is 17.7 Å². The summed E-state index contributed by atoms with van der Waals surface area (Å²) in [5, 5.41) is 19.2. The van der Waals surface area contributed by atoms with E-state index in [0.29, 0.717) is 22.9 Å². The van der Waals surface area contributed by atoms with Crippen LogP contribution in [-0.2, 0) is 10.0 Å². The van der Waals surface area contributed by atoms with Crippen LogP contribution in [0.5, 0.6) is 0 Å². The van der Waals surface area contributed by atoms with Crippen molar-refractivity contribution < 1.29 is 8.42 Å². The van der Waals surface area contributed by atoms with Crippen LogP contribution in [0.2, 0.25) is 0 Å². The molecular weight excluding hydrogens is 316 g/mol. The molecule has 1 fully saturated rings. The summed E-state index contributed by atoms with van der Waals surface area (Å²) in [6.45, 7) is 5.67. The molecule has 0 unspecified atom stereocenters. The molecule has 1 aliphatic heterocycles. The van der Waals surface area contributed by atoms with Crippen LogP contribution in [0, 0.1) is 12.8 Å². The second-order valence-corrected chi connectivity index (χ2v) is 7.57. The van der Waals surface area contributed by atoms with Crippen LogP contribution in [0.15, 0.2) is 17.0 Å². The van der Waals surface area contributed by atoms with Gasteiger partial charge in [0.15, 0.2) is 5.82 Å². The number of rotatable bonds is 3. The summed E-state index contributed by atoms with van der Waals surface area (Å²) >= 11 is 0. The molecule has 124 valence electrons. The lowest BCUT2D eigenvalue weighted by Crippen LogP contribution is -2.33. The van der Waals surface area contributed by atoms with Crippen LogP contribution in [0.4, 0.5) is 5.69 Å². The molecule has 8 nitrogen and oxygen atoms in total. The maximum atomic E-state index is 12.1. The van der Waals surface area contributed by atoms with Gasteiger partial charge in [-0.2, -0.15) is 0 Å². The minimum atomic E-state index is -3.90. The van der Waals surface area contributed by atoms with Gasteiger partial charge in [-0.3, -0.25) is 0 Å². The van der Waals surface area contributed by atoms with Gasteiger partial charge >= 0.3 is 0 Å². The number of tetrazole rings is 1. The Labute approximate surface area is 135 Å². The van der Waals surface area contributed by atoms with Crippen molar-refractivity contribution in [1.82, 2.24) is 20.6 Å². The lowest BCUT2D eigenvalue weighted by molar-refractivity contribution is 0.438. The molecular formula is C14H20N6O2S. The van der Waals surface area contributed by atoms with Gasteiger partial charge in [0.1, 0.15) is 0 Å². The third-order valence-electron chi connectivity index (χ3n) is 4.32. The SMILES string of the molecule is Cc1ccc(N2CCC(C)CC2)c(-c2nnn[nH]2)c1S(N)(=O)=O. The Morgan fingerprint density at radius 2 is 2.00 bits per heavy atom. The number of aromatic nitrogens is 4. The number of hydrogen-bond acceptors (Lipinski definition) is 6. The third kappa shape index (κ3) is 3.06. The summed E-state index contributed by atoms with van der Waals surface area (Å²) in [6.07, 6.45) is 2.12. The fourth-order valence-electron chi connectivity index (χ4n) is 3.05. The highest BCUT2D eigenvalue weighted by Crippen LogP contribution is 2.37. The number of nitrogens with two attached hydrogens (primary N) is 1. The highest BCUT2D eigenvalue weighted by molar-refractivity contribution is 7.89. The summed E-state index contributed by atoms with van der Waals surface area (Å²) in [4.78, 5) is 2.25. The van der Waals surface area contributed by atoms with Gasteiger partial charge in [0, 0.05) is 18.8 Å². The number of benzene rings is 1. The third-order valence-corrected chi connectivity index (χ3v) is 5.42. The Hall–Kier alpha value is -2.00. The number of nitrogens with zero attached hydrogens (tertiary/aromatic N) is 4. The van der Waals surface area contributed by atoms with E-state index in [0.717, 1.165) is 31.6 Å². The van der Waals surface area contributed by atoms with Gasteiger partial charge in [0.25, 0.3) is 0 Å². The van der Waals surface area contributed by atoms with E-state index >= 15 is 0 Å². The lowest BCUT2D eigenvalue weighted by Gasteiger charge is -2.33. The molecule has 0 radical (unpaired) electrons. The minimum absolute atomic E-state index is 0.0761. The molecule has 0 amide bonds. The fourth-order valence-corrected chi connectivity index (χ4v) is 4.05. The van der Waals surface area contributed by atoms with Crippen molar-refractivity contribution in [2.45, 2.75) is 31.6 Å². The zero-order chi connectivity index (χ0) is 16.6. The summed E-state index contributed by atoms with van der Waals surface area (Å²) in [6, 6.07) is 3.69. The molecule has 1 saturated heterocycles. The van der Waals surface area contributed by atoms with Gasteiger partial charge in [-0.15, -0.1) is 5.10 Å². The van der Waals surface area contributed by atoms with E-state index in [2.05, 4.69) is 32.4 Å². The topological polar surface area (TPSA) is 118 Å². The van der Waals surface area contributed by atoms with Gasteiger partial charge in [-0.05, 0) is 47.7 Å². The van der Waals surface area contributed by atoms with Crippen LogP contribution < -0.4 is 10.0 Å². The predicted molar refractivity (Wildman–Crippen MR) is 86.3 cm³/mol. The van der Waals surface area contributed by atoms with Crippen molar-refractivity contribution in [2.75, 3.05) is 18.0 Å². The quantitative estimate of drug-likeness (QED) is 0.865. The molecule has 23 heavy (non-hydrogen) atoms. The van der Waals surface area contributed by atoms with E-state index in [1.165, 1.54) is 0 Å². The van der Waals surface area contributed by atoms with E-state index in [9.17, 15) is 8.42 Å². The summed E-state index contributed by atoms with van der Waals surface area (Å²) in [7, 11) is -3.90. The normalized spacial score (nSPS) is 16.7. The monoisotopic (exact) mass is 336 g/mol. The van der Waals surface area contributed by atoms with E-state index in [1.54, 1.807) is 13.0 Å². The molecule has 0 bridgehead atoms. The molecule has 0 aliphatic carbocycles. The highest BCUT2D eigenvalue weighted by atomic mass is 32.2. The van der Waals surface area contributed by atoms with Crippen LogP contribution in [-0.4, -0.2) is 42.1 Å². The highest BCUT2D eigenvalue weighted by Gasteiger charge is 2.27. The average molecular weight is 336 g/mol. The Morgan fingerprint density at radius 3 is 2.57 bits per heavy atom. The molecule has 3 N–H and O–H groups in total. The zero-order valence-corrected chi connectivity index (χ0v) is 14.0. The second kappa shape index (κ2) is 5.89. The van der Waals surface area contributed by atoms with Crippen LogP contribution in [0.1, 0.15) is 25.3 Å². The number of aryl methyl sites for hydroxylation is 1. The number of primary sulfonamides is 1. The smallest absolute Gasteiger partial charge is 0.239 e. The van der Waals surface area contributed by atoms with Crippen molar-refractivity contribution >= 4 is 15.7 Å². The molecule has 2 heterocycles. The largest absolute Gasteiger partial charge is 0.371 e. The number of piperidine rings is 1. The van der Waals surface area contributed by atoms with Crippen LogP contribution in [0.25, 0.3) is 11.4 Å². The van der Waals surface area contributed by atoms with E-state index in [4.69, 9.17) is 5.14 Å². The van der Waals surface area contributed by atoms with Crippen molar-refractivity contribution in [1.29, 1.82) is 0 Å². The Balaban J connectivity index is 2.20. The Morgan fingerprint density at radius 1 is 1.30 bits per heavy atom. The summed E-state index contributed by atoms with van der Waals surface area (Å²) in [5.74, 6) is 0.983. The molecule has 3 rings (SSSR count). The molecule has 2 aromatic rings. The van der Waals surface area contributed by atoms with Crippen molar-refractivity contribution in [2.24, 2.45) is 11.1 Å². The first-order chi connectivity index (χ1) is 10.9. The Kier molecular flexibility index (Phi) is 4.07. The number of H-pyrrole nitrogens is 1. The summed E-state index contributed by atoms with van der Waals surface area (Å²) < 4.78 is 24.3. The molecule has 1 aliphatic rings. The lowest BCUT2D eigenvalue weighted by atomic mass is 9.97. The maximum Gasteiger partial charge on any atom is 0.239 e. The number of aromatic amines is 1. The minimum Gasteiger partial charge on any atom is -0.371 e. The van der Waals surface area contributed by atoms with Gasteiger partial charge in [0.05, 0.1) is 10.5 Å². The Bertz CT molecular complexity index is 795. The zero-order valence-electron chi connectivity index (χ0n) is 13.2. The summed E-state index contributed by atoms with van der Waals surface area (Å²) in [5.41, 5.74) is 1.82. The van der Waals surface area contributed by atoms with Crippen molar-refractivity contribution in [3.8, 4) is 11.4 Å². The van der Waals surface area contributed by atoms with E-state index in [1.807, 2.05) is 6.07 Å². The van der Waals surface area contributed by atoms with Crippen LogP contribution >= 0.6 is 0 Å². The molecule has 0 saturated carbocycles. The molecule has 1 aromatic heterocycles. The van der Waals surface area contributed by atoms with Gasteiger partial charge < -0.3 is 4.90 Å². The van der Waals surface area contributed by atoms with E-state index < -0.39 is 10.0 Å². The molecule has 0 atom stereocenters. The first-order valence-corrected chi connectivity index (χ1v) is 9.08. The number of anilines is 1. The number of hydrogen-bond donors (Lipinski definition) is 2. The van der Waals surface area contributed by atoms with Gasteiger partial charge in [0.2, 0.25) is 10.0 Å². The predicted octanol–water partition coefficient (Wildman–Crippen LogP) is 1.06. The number of sulfonamides is 1. The van der Waals surface area contributed by atoms with Gasteiger partial charge in [-0.1, -0.05) is 13.0 Å². The first kappa shape index (κ1) is 15.9. The maximum absolute atomic E-state index is 12.1. The standard InChI is InChI=1S/C14H20N6O2S/c1-9-5-7-20(8-6-9)11-4-3-10(2)13(23(15,21)22)12(11)14-16-18-19-17-14/h3-4,9H,5-8H2,1-2H3,(H2,15,21,22)(H,16,17,18,19). The molecule has 1 aromatic carbocycles. The second-order valence-electron chi connectivity index (χ2n) is 6.07. The van der Waals surface area contributed by atoms with Gasteiger partial charge in [-0.25, -0.2) is 18.7 Å². The van der Waals surface area contributed by atoms with E-state index in [-0.39, 0.29) is 4.90 Å². The van der Waals surface area contributed by atoms with Crippen molar-refractivity contribution in [3.63, 3.8) is 0 Å². The first-order valence-electron chi connectivity index (χ1n) is 7.53. The number of nitrogens with one attached hydrogen (secondary N) is 1. The van der Waals surface area contributed by atoms with Crippen LogP contribution in [0.3, 0.4) is 0 Å². The fraction of sp³-hybridized carbons (Fsp3) is 0.500. The molecule has 9 heteroatoms.